The van der Waals surface area contributed by atoms with Gasteiger partial charge in [-0.1, -0.05) is 164 Å². The fourth-order valence-electron chi connectivity index (χ4n) is 9.22. The molecule has 1 atom stereocenters. The second-order valence-electron chi connectivity index (χ2n) is 14.4. The summed E-state index contributed by atoms with van der Waals surface area (Å²) in [5.41, 5.74) is 15.1. The van der Waals surface area contributed by atoms with Gasteiger partial charge in [-0.15, -0.1) is 0 Å². The number of nitrogens with zero attached hydrogens (tertiary/aromatic N) is 1. The van der Waals surface area contributed by atoms with Crippen LogP contribution in [0.3, 0.4) is 0 Å². The molecule has 2 aliphatic rings. The number of hydrogen-bond donors (Lipinski definition) is 0. The first-order valence-electron chi connectivity index (χ1n) is 18.9. The largest absolute Gasteiger partial charge is 0.457 e. The van der Waals surface area contributed by atoms with Crippen LogP contribution in [-0.2, 0) is 5.41 Å². The topological polar surface area (TPSA) is 12.5 Å². The fourth-order valence-corrected chi connectivity index (χ4v) is 9.22. The van der Waals surface area contributed by atoms with Crippen LogP contribution >= 0.6 is 0 Å². The molecule has 9 aromatic rings. The molecule has 0 N–H and O–H groups in total. The average molecular weight is 702 g/mol. The predicted molar refractivity (Wildman–Crippen MR) is 227 cm³/mol. The predicted octanol–water partition coefficient (Wildman–Crippen LogP) is 14.1. The maximum Gasteiger partial charge on any atom is 0.132 e. The molecule has 1 unspecified atom stereocenters. The summed E-state index contributed by atoms with van der Waals surface area (Å²) < 4.78 is 6.75. The summed E-state index contributed by atoms with van der Waals surface area (Å²) in [5, 5.41) is 2.42. The van der Waals surface area contributed by atoms with Crippen molar-refractivity contribution in [1.29, 1.82) is 0 Å². The maximum atomic E-state index is 6.75. The quantitative estimate of drug-likeness (QED) is 0.177. The molecule has 9 aromatic carbocycles. The minimum Gasteiger partial charge on any atom is -0.457 e. The van der Waals surface area contributed by atoms with Gasteiger partial charge in [0.25, 0.3) is 0 Å². The molecule has 0 amide bonds. The van der Waals surface area contributed by atoms with Crippen molar-refractivity contribution in [3.63, 3.8) is 0 Å². The second kappa shape index (κ2) is 12.5. The normalized spacial score (nSPS) is 14.8. The fraction of sp³-hybridized carbons (Fsp3) is 0.0189. The van der Waals surface area contributed by atoms with Crippen LogP contribution in [0.15, 0.2) is 212 Å². The Bertz CT molecular complexity index is 2880. The number of ether oxygens (including phenoxy) is 1. The molecule has 1 spiro atoms. The van der Waals surface area contributed by atoms with Gasteiger partial charge in [-0.2, -0.15) is 0 Å². The third-order valence-electron chi connectivity index (χ3n) is 11.5. The van der Waals surface area contributed by atoms with Crippen molar-refractivity contribution in [2.45, 2.75) is 5.41 Å². The van der Waals surface area contributed by atoms with E-state index in [1.165, 1.54) is 66.4 Å². The van der Waals surface area contributed by atoms with E-state index in [1.54, 1.807) is 0 Å². The maximum absolute atomic E-state index is 6.75. The highest BCUT2D eigenvalue weighted by atomic mass is 16.5. The first kappa shape index (κ1) is 31.4. The molecular weight excluding hydrogens is 667 g/mol. The molecule has 0 aromatic heterocycles. The van der Waals surface area contributed by atoms with Crippen LogP contribution in [-0.4, -0.2) is 0 Å². The summed E-state index contributed by atoms with van der Waals surface area (Å²) in [6.07, 6.45) is 0. The molecule has 2 nitrogen and oxygen atoms in total. The van der Waals surface area contributed by atoms with Crippen LogP contribution in [0.4, 0.5) is 17.1 Å². The Morgan fingerprint density at radius 3 is 1.69 bits per heavy atom. The van der Waals surface area contributed by atoms with E-state index >= 15 is 0 Å². The molecular formula is C53H35NO. The highest BCUT2D eigenvalue weighted by molar-refractivity contribution is 6.01. The zero-order valence-electron chi connectivity index (χ0n) is 30.1. The molecule has 55 heavy (non-hydrogen) atoms. The summed E-state index contributed by atoms with van der Waals surface area (Å²) in [5.74, 6) is 1.81. The summed E-state index contributed by atoms with van der Waals surface area (Å²) in [4.78, 5) is 2.33. The number of anilines is 3. The zero-order valence-corrected chi connectivity index (χ0v) is 30.1. The van der Waals surface area contributed by atoms with E-state index in [-0.39, 0.29) is 0 Å². The second-order valence-corrected chi connectivity index (χ2v) is 14.4. The standard InChI is InChI=1S/C53H35NO/c1-3-14-36(15-4-1)37-26-31-41(32-27-37)54(40-17-5-2-6-18-40)42-33-28-39(29-34-42)43-21-13-24-48-51(43)45-20-9-10-22-46(45)53(48)47-23-11-12-25-49(47)55-50-35-30-38-16-7-8-19-44(38)52(50)53/h1-35H. The van der Waals surface area contributed by atoms with Gasteiger partial charge >= 0.3 is 0 Å². The summed E-state index contributed by atoms with van der Waals surface area (Å²) in [6.45, 7) is 0. The van der Waals surface area contributed by atoms with E-state index in [0.717, 1.165) is 28.6 Å². The number of fused-ring (bicyclic) bond motifs is 11. The Labute approximate surface area is 321 Å². The highest BCUT2D eigenvalue weighted by Gasteiger charge is 2.52. The first-order chi connectivity index (χ1) is 27.3. The van der Waals surface area contributed by atoms with Gasteiger partial charge in [0, 0.05) is 28.2 Å². The molecule has 0 saturated heterocycles. The number of benzene rings is 9. The Balaban J connectivity index is 1.08. The van der Waals surface area contributed by atoms with E-state index in [4.69, 9.17) is 4.74 Å². The van der Waals surface area contributed by atoms with E-state index in [2.05, 4.69) is 217 Å². The molecule has 0 saturated carbocycles. The average Bonchev–Trinajstić information content (AvgIpc) is 3.55. The van der Waals surface area contributed by atoms with Gasteiger partial charge in [-0.25, -0.2) is 0 Å². The van der Waals surface area contributed by atoms with Crippen molar-refractivity contribution >= 4 is 27.8 Å². The van der Waals surface area contributed by atoms with Gasteiger partial charge in [0.15, 0.2) is 0 Å². The Hall–Kier alpha value is -7.16. The van der Waals surface area contributed by atoms with Crippen LogP contribution in [0.2, 0.25) is 0 Å². The summed E-state index contributed by atoms with van der Waals surface area (Å²) >= 11 is 0. The number of para-hydroxylation sites is 2. The van der Waals surface area contributed by atoms with Gasteiger partial charge in [-0.3, -0.25) is 0 Å². The van der Waals surface area contributed by atoms with Crippen LogP contribution in [0.5, 0.6) is 11.5 Å². The van der Waals surface area contributed by atoms with Gasteiger partial charge in [-0.05, 0) is 104 Å². The van der Waals surface area contributed by atoms with Crippen LogP contribution in [0, 0.1) is 0 Å². The Morgan fingerprint density at radius 2 is 0.909 bits per heavy atom. The minimum atomic E-state index is -0.553. The molecule has 11 rings (SSSR count). The Morgan fingerprint density at radius 1 is 0.345 bits per heavy atom. The lowest BCUT2D eigenvalue weighted by atomic mass is 9.65. The van der Waals surface area contributed by atoms with Gasteiger partial charge < -0.3 is 9.64 Å². The van der Waals surface area contributed by atoms with Crippen LogP contribution < -0.4 is 9.64 Å². The SMILES string of the molecule is c1ccc(-c2ccc(N(c3ccccc3)c3ccc(-c4cccc5c4-c4ccccc4C54c5ccccc5Oc5ccc6ccccc6c54)cc3)cc2)cc1. The number of rotatable bonds is 5. The molecule has 0 bridgehead atoms. The summed E-state index contributed by atoms with van der Waals surface area (Å²) in [6, 6.07) is 76.7. The third kappa shape index (κ3) is 4.75. The molecule has 1 heterocycles. The Kier molecular flexibility index (Phi) is 7.11. The first-order valence-corrected chi connectivity index (χ1v) is 18.9. The number of hydrogen-bond acceptors (Lipinski definition) is 2. The summed E-state index contributed by atoms with van der Waals surface area (Å²) in [7, 11) is 0. The molecule has 0 fully saturated rings. The highest BCUT2D eigenvalue weighted by Crippen LogP contribution is 2.64. The van der Waals surface area contributed by atoms with Crippen molar-refractivity contribution in [3.8, 4) is 44.9 Å². The zero-order chi connectivity index (χ0) is 36.3. The van der Waals surface area contributed by atoms with Crippen molar-refractivity contribution < 1.29 is 4.74 Å². The molecule has 0 radical (unpaired) electrons. The van der Waals surface area contributed by atoms with Crippen LogP contribution in [0.25, 0.3) is 44.2 Å². The lowest BCUT2D eigenvalue weighted by Gasteiger charge is -2.40. The van der Waals surface area contributed by atoms with E-state index in [0.29, 0.717) is 0 Å². The van der Waals surface area contributed by atoms with Gasteiger partial charge in [0.1, 0.15) is 11.5 Å². The third-order valence-corrected chi connectivity index (χ3v) is 11.5. The van der Waals surface area contributed by atoms with Crippen molar-refractivity contribution in [2.75, 3.05) is 4.90 Å². The lowest BCUT2D eigenvalue weighted by molar-refractivity contribution is 0.438. The molecule has 1 aliphatic heterocycles. The molecule has 258 valence electrons. The van der Waals surface area contributed by atoms with E-state index < -0.39 is 5.41 Å². The van der Waals surface area contributed by atoms with Crippen LogP contribution in [0.1, 0.15) is 22.3 Å². The van der Waals surface area contributed by atoms with E-state index in [1.807, 2.05) is 0 Å². The minimum absolute atomic E-state index is 0.553. The van der Waals surface area contributed by atoms with Crippen molar-refractivity contribution in [1.82, 2.24) is 0 Å². The van der Waals surface area contributed by atoms with Crippen molar-refractivity contribution in [3.05, 3.63) is 235 Å². The van der Waals surface area contributed by atoms with Gasteiger partial charge in [0.05, 0.1) is 5.41 Å². The molecule has 1 aliphatic carbocycles. The van der Waals surface area contributed by atoms with Gasteiger partial charge in [0.2, 0.25) is 0 Å². The van der Waals surface area contributed by atoms with Crippen molar-refractivity contribution in [2.24, 2.45) is 0 Å². The van der Waals surface area contributed by atoms with E-state index in [9.17, 15) is 0 Å². The lowest BCUT2D eigenvalue weighted by Crippen LogP contribution is -2.32. The molecule has 2 heteroatoms. The monoisotopic (exact) mass is 701 g/mol. The smallest absolute Gasteiger partial charge is 0.132 e.